The van der Waals surface area contributed by atoms with Gasteiger partial charge < -0.3 is 4.90 Å². The number of carbonyl (C=O) groups is 1. The van der Waals surface area contributed by atoms with Gasteiger partial charge in [0, 0.05) is 45.3 Å². The molecule has 0 bridgehead atoms. The molecule has 2 fully saturated rings. The SMILES string of the molecule is C[C@H](C(=O)N1CCCCCC1)N1CCN(S(=O)(=O)c2ccccc2[N+](=O)[O-])CC1. The molecule has 0 N–H and O–H groups in total. The van der Waals surface area contributed by atoms with Crippen molar-refractivity contribution in [1.29, 1.82) is 0 Å². The number of hydrogen-bond donors (Lipinski definition) is 0. The van der Waals surface area contributed by atoms with E-state index in [-0.39, 0.29) is 29.9 Å². The van der Waals surface area contributed by atoms with Crippen LogP contribution in [0.1, 0.15) is 32.6 Å². The fourth-order valence-electron chi connectivity index (χ4n) is 4.01. The fraction of sp³-hybridized carbons (Fsp3) is 0.632. The number of amides is 1. The Kier molecular flexibility index (Phi) is 6.86. The number of rotatable bonds is 5. The molecule has 29 heavy (non-hydrogen) atoms. The molecule has 0 unspecified atom stereocenters. The Hall–Kier alpha value is -2.04. The molecular formula is C19H28N4O5S. The number of carbonyl (C=O) groups excluding carboxylic acids is 1. The molecule has 0 saturated carbocycles. The van der Waals surface area contributed by atoms with Crippen molar-refractivity contribution in [2.24, 2.45) is 0 Å². The number of benzene rings is 1. The summed E-state index contributed by atoms with van der Waals surface area (Å²) in [5, 5.41) is 11.2. The van der Waals surface area contributed by atoms with Crippen molar-refractivity contribution in [2.45, 2.75) is 43.5 Å². The lowest BCUT2D eigenvalue weighted by Gasteiger charge is -2.38. The Morgan fingerprint density at radius 3 is 2.17 bits per heavy atom. The highest BCUT2D eigenvalue weighted by molar-refractivity contribution is 7.89. The number of nitrogens with zero attached hydrogens (tertiary/aromatic N) is 4. The lowest BCUT2D eigenvalue weighted by atomic mass is 10.2. The van der Waals surface area contributed by atoms with Crippen LogP contribution in [0, 0.1) is 10.1 Å². The van der Waals surface area contributed by atoms with Crippen molar-refractivity contribution in [3.05, 3.63) is 34.4 Å². The summed E-state index contributed by atoms with van der Waals surface area (Å²) in [5.41, 5.74) is -0.417. The molecule has 10 heteroatoms. The van der Waals surface area contributed by atoms with Gasteiger partial charge in [-0.25, -0.2) is 8.42 Å². The first-order valence-corrected chi connectivity index (χ1v) is 11.5. The monoisotopic (exact) mass is 424 g/mol. The van der Waals surface area contributed by atoms with Crippen LogP contribution >= 0.6 is 0 Å². The molecule has 9 nitrogen and oxygen atoms in total. The van der Waals surface area contributed by atoms with E-state index in [1.807, 2.05) is 16.7 Å². The largest absolute Gasteiger partial charge is 0.341 e. The molecule has 0 aromatic heterocycles. The van der Waals surface area contributed by atoms with E-state index in [0.717, 1.165) is 38.8 Å². The number of nitro groups is 1. The minimum absolute atomic E-state index is 0.0990. The summed E-state index contributed by atoms with van der Waals surface area (Å²) >= 11 is 0. The zero-order chi connectivity index (χ0) is 21.0. The molecule has 2 saturated heterocycles. The smallest absolute Gasteiger partial charge is 0.289 e. The van der Waals surface area contributed by atoms with Gasteiger partial charge in [-0.05, 0) is 25.8 Å². The minimum Gasteiger partial charge on any atom is -0.341 e. The van der Waals surface area contributed by atoms with Crippen molar-refractivity contribution in [3.8, 4) is 0 Å². The summed E-state index contributed by atoms with van der Waals surface area (Å²) in [7, 11) is -3.96. The normalized spacial score (nSPS) is 20.8. The van der Waals surface area contributed by atoms with E-state index >= 15 is 0 Å². The summed E-state index contributed by atoms with van der Waals surface area (Å²) in [6.07, 6.45) is 4.36. The molecule has 3 rings (SSSR count). The molecular weight excluding hydrogens is 396 g/mol. The van der Waals surface area contributed by atoms with Gasteiger partial charge in [-0.1, -0.05) is 25.0 Å². The highest BCUT2D eigenvalue weighted by atomic mass is 32.2. The summed E-state index contributed by atoms with van der Waals surface area (Å²) in [6, 6.07) is 5.10. The summed E-state index contributed by atoms with van der Waals surface area (Å²) in [4.78, 5) is 27.0. The number of nitro benzene ring substituents is 1. The van der Waals surface area contributed by atoms with Crippen molar-refractivity contribution >= 4 is 21.6 Å². The van der Waals surface area contributed by atoms with Crippen LogP contribution in [0.5, 0.6) is 0 Å². The van der Waals surface area contributed by atoms with Crippen LogP contribution in [0.2, 0.25) is 0 Å². The van der Waals surface area contributed by atoms with E-state index in [2.05, 4.69) is 0 Å². The number of sulfonamides is 1. The van der Waals surface area contributed by atoms with E-state index in [9.17, 15) is 23.3 Å². The number of piperazine rings is 1. The molecule has 160 valence electrons. The molecule has 0 aliphatic carbocycles. The first kappa shape index (κ1) is 21.7. The zero-order valence-electron chi connectivity index (χ0n) is 16.7. The first-order chi connectivity index (χ1) is 13.8. The van der Waals surface area contributed by atoms with Gasteiger partial charge >= 0.3 is 0 Å². The predicted octanol–water partition coefficient (Wildman–Crippen LogP) is 1.69. The second kappa shape index (κ2) is 9.19. The first-order valence-electron chi connectivity index (χ1n) is 10.1. The Balaban J connectivity index is 1.65. The predicted molar refractivity (Wildman–Crippen MR) is 108 cm³/mol. The molecule has 2 aliphatic rings. The maximum absolute atomic E-state index is 12.9. The fourth-order valence-corrected chi connectivity index (χ4v) is 5.59. The molecule has 1 amide bonds. The molecule has 2 aliphatic heterocycles. The molecule has 2 heterocycles. The average molecular weight is 425 g/mol. The van der Waals surface area contributed by atoms with E-state index < -0.39 is 20.6 Å². The van der Waals surface area contributed by atoms with Crippen LogP contribution in [0.15, 0.2) is 29.2 Å². The second-order valence-electron chi connectivity index (χ2n) is 7.58. The Morgan fingerprint density at radius 1 is 1.00 bits per heavy atom. The molecule has 1 aromatic rings. The topological polar surface area (TPSA) is 104 Å². The molecule has 0 radical (unpaired) electrons. The lowest BCUT2D eigenvalue weighted by Crippen LogP contribution is -2.55. The number of hydrogen-bond acceptors (Lipinski definition) is 6. The standard InChI is InChI=1S/C19H28N4O5S/c1-16(19(24)21-10-6-2-3-7-11-21)20-12-14-22(15-13-20)29(27,28)18-9-5-4-8-17(18)23(25)26/h4-5,8-9,16H,2-3,6-7,10-15H2,1H3/t16-/m1/s1. The summed E-state index contributed by atoms with van der Waals surface area (Å²) in [6.45, 7) is 4.68. The highest BCUT2D eigenvalue weighted by Crippen LogP contribution is 2.27. The van der Waals surface area contributed by atoms with Crippen LogP contribution in [0.25, 0.3) is 0 Å². The third kappa shape index (κ3) is 4.76. The van der Waals surface area contributed by atoms with Crippen molar-refractivity contribution in [3.63, 3.8) is 0 Å². The quantitative estimate of drug-likeness (QED) is 0.526. The average Bonchev–Trinajstić information content (AvgIpc) is 3.02. The minimum atomic E-state index is -3.96. The van der Waals surface area contributed by atoms with E-state index in [0.29, 0.717) is 13.1 Å². The zero-order valence-corrected chi connectivity index (χ0v) is 17.5. The van der Waals surface area contributed by atoms with Crippen molar-refractivity contribution in [2.75, 3.05) is 39.3 Å². The van der Waals surface area contributed by atoms with Gasteiger partial charge in [-0.15, -0.1) is 0 Å². The van der Waals surface area contributed by atoms with Crippen LogP contribution in [0.4, 0.5) is 5.69 Å². The van der Waals surface area contributed by atoms with Gasteiger partial charge in [0.05, 0.1) is 11.0 Å². The van der Waals surface area contributed by atoms with Gasteiger partial charge in [0.25, 0.3) is 5.69 Å². The lowest BCUT2D eigenvalue weighted by molar-refractivity contribution is -0.387. The Labute approximate surface area is 171 Å². The van der Waals surface area contributed by atoms with Gasteiger partial charge in [0.15, 0.2) is 4.90 Å². The van der Waals surface area contributed by atoms with E-state index in [4.69, 9.17) is 0 Å². The van der Waals surface area contributed by atoms with Gasteiger partial charge in [0.2, 0.25) is 15.9 Å². The van der Waals surface area contributed by atoms with Crippen LogP contribution in [-0.2, 0) is 14.8 Å². The summed E-state index contributed by atoms with van der Waals surface area (Å²) in [5.74, 6) is 0.0990. The molecule has 1 atom stereocenters. The number of para-hydroxylation sites is 1. The Bertz CT molecular complexity index is 844. The number of likely N-dealkylation sites (tertiary alicyclic amines) is 1. The van der Waals surface area contributed by atoms with Crippen LogP contribution in [-0.4, -0.2) is 78.7 Å². The van der Waals surface area contributed by atoms with Gasteiger partial charge in [-0.2, -0.15) is 4.31 Å². The van der Waals surface area contributed by atoms with Crippen LogP contribution in [0.3, 0.4) is 0 Å². The van der Waals surface area contributed by atoms with E-state index in [1.165, 1.54) is 28.6 Å². The van der Waals surface area contributed by atoms with Gasteiger partial charge in [0.1, 0.15) is 0 Å². The Morgan fingerprint density at radius 2 is 1.59 bits per heavy atom. The third-order valence-electron chi connectivity index (χ3n) is 5.78. The van der Waals surface area contributed by atoms with Crippen molar-refractivity contribution < 1.29 is 18.1 Å². The maximum Gasteiger partial charge on any atom is 0.289 e. The second-order valence-corrected chi connectivity index (χ2v) is 9.49. The maximum atomic E-state index is 12.9. The van der Waals surface area contributed by atoms with Gasteiger partial charge in [-0.3, -0.25) is 19.8 Å². The van der Waals surface area contributed by atoms with Crippen LogP contribution < -0.4 is 0 Å². The summed E-state index contributed by atoms with van der Waals surface area (Å²) < 4.78 is 27.1. The molecule has 1 aromatic carbocycles. The van der Waals surface area contributed by atoms with Crippen molar-refractivity contribution in [1.82, 2.24) is 14.1 Å². The third-order valence-corrected chi connectivity index (χ3v) is 7.72. The molecule has 0 spiro atoms. The highest BCUT2D eigenvalue weighted by Gasteiger charge is 2.36. The van der Waals surface area contributed by atoms with E-state index in [1.54, 1.807) is 0 Å².